The fraction of sp³-hybridized carbons (Fsp3) is 0.273. The SMILES string of the molecule is CC1=NNC(=O)N(NS(=O)(=O)c2ccc(C)cc2)C1. The van der Waals surface area contributed by atoms with E-state index in [2.05, 4.69) is 15.4 Å². The van der Waals surface area contributed by atoms with Gasteiger partial charge < -0.3 is 0 Å². The number of nitrogens with one attached hydrogen (secondary N) is 2. The van der Waals surface area contributed by atoms with E-state index in [0.29, 0.717) is 5.71 Å². The highest BCUT2D eigenvalue weighted by Crippen LogP contribution is 2.10. The predicted molar refractivity (Wildman–Crippen MR) is 69.8 cm³/mol. The lowest BCUT2D eigenvalue weighted by Gasteiger charge is -2.25. The highest BCUT2D eigenvalue weighted by Gasteiger charge is 2.25. The average Bonchev–Trinajstić information content (AvgIpc) is 2.34. The van der Waals surface area contributed by atoms with E-state index < -0.39 is 16.1 Å². The van der Waals surface area contributed by atoms with E-state index in [9.17, 15) is 13.2 Å². The summed E-state index contributed by atoms with van der Waals surface area (Å²) in [7, 11) is -3.77. The van der Waals surface area contributed by atoms with Crippen LogP contribution in [0.2, 0.25) is 0 Å². The summed E-state index contributed by atoms with van der Waals surface area (Å²) in [4.78, 5) is 13.8. The molecule has 0 unspecified atom stereocenters. The Bertz CT molecular complexity index is 622. The number of hydrogen-bond donors (Lipinski definition) is 2. The van der Waals surface area contributed by atoms with Crippen molar-refractivity contribution >= 4 is 21.8 Å². The summed E-state index contributed by atoms with van der Waals surface area (Å²) >= 11 is 0. The van der Waals surface area contributed by atoms with Crippen molar-refractivity contribution in [1.82, 2.24) is 15.3 Å². The van der Waals surface area contributed by atoms with Gasteiger partial charge in [0.1, 0.15) is 0 Å². The molecule has 0 radical (unpaired) electrons. The molecule has 8 heteroatoms. The molecular weight excluding hydrogens is 268 g/mol. The monoisotopic (exact) mass is 282 g/mol. The molecule has 19 heavy (non-hydrogen) atoms. The predicted octanol–water partition coefficient (Wildman–Crippen LogP) is 0.589. The minimum atomic E-state index is -3.77. The number of amides is 2. The first-order valence-electron chi connectivity index (χ1n) is 5.58. The number of benzene rings is 1. The Hall–Kier alpha value is -1.93. The number of carbonyl (C=O) groups is 1. The summed E-state index contributed by atoms with van der Waals surface area (Å²) in [5, 5.41) is 4.69. The van der Waals surface area contributed by atoms with Gasteiger partial charge in [-0.3, -0.25) is 0 Å². The zero-order valence-corrected chi connectivity index (χ0v) is 11.4. The van der Waals surface area contributed by atoms with E-state index in [1.54, 1.807) is 19.1 Å². The quantitative estimate of drug-likeness (QED) is 0.850. The Balaban J connectivity index is 2.20. The van der Waals surface area contributed by atoms with Crippen molar-refractivity contribution in [3.63, 3.8) is 0 Å². The van der Waals surface area contributed by atoms with Gasteiger partial charge in [-0.25, -0.2) is 23.6 Å². The van der Waals surface area contributed by atoms with Gasteiger partial charge in [0.15, 0.2) is 0 Å². The first kappa shape index (κ1) is 13.5. The molecule has 0 aliphatic carbocycles. The van der Waals surface area contributed by atoms with Gasteiger partial charge in [-0.1, -0.05) is 17.7 Å². The van der Waals surface area contributed by atoms with Crippen LogP contribution in [0.15, 0.2) is 34.3 Å². The highest BCUT2D eigenvalue weighted by molar-refractivity contribution is 7.89. The molecule has 7 nitrogen and oxygen atoms in total. The van der Waals surface area contributed by atoms with Crippen molar-refractivity contribution in [3.8, 4) is 0 Å². The summed E-state index contributed by atoms with van der Waals surface area (Å²) in [5.41, 5.74) is 3.77. The molecule has 0 saturated heterocycles. The zero-order valence-electron chi connectivity index (χ0n) is 10.5. The summed E-state index contributed by atoms with van der Waals surface area (Å²) in [6.07, 6.45) is 0. The van der Waals surface area contributed by atoms with Gasteiger partial charge in [0.2, 0.25) is 0 Å². The first-order chi connectivity index (χ1) is 8.88. The molecule has 2 rings (SSSR count). The highest BCUT2D eigenvalue weighted by atomic mass is 32.2. The molecule has 1 aromatic carbocycles. The van der Waals surface area contributed by atoms with Crippen molar-refractivity contribution in [2.75, 3.05) is 6.54 Å². The molecular formula is C11H14N4O3S. The molecule has 2 amide bonds. The largest absolute Gasteiger partial charge is 0.353 e. The molecule has 0 fully saturated rings. The third-order valence-corrected chi connectivity index (χ3v) is 3.89. The number of nitrogens with zero attached hydrogens (tertiary/aromatic N) is 2. The minimum absolute atomic E-state index is 0.103. The third-order valence-electron chi connectivity index (χ3n) is 2.54. The van der Waals surface area contributed by atoms with E-state index in [-0.39, 0.29) is 11.4 Å². The molecule has 1 aromatic rings. The number of sulfonamides is 1. The number of rotatable bonds is 3. The Labute approximate surface area is 111 Å². The van der Waals surface area contributed by atoms with Crippen LogP contribution in [0.3, 0.4) is 0 Å². The topological polar surface area (TPSA) is 90.9 Å². The number of carbonyl (C=O) groups excluding carboxylic acids is 1. The van der Waals surface area contributed by atoms with Crippen molar-refractivity contribution in [2.24, 2.45) is 5.10 Å². The fourth-order valence-electron chi connectivity index (χ4n) is 1.53. The van der Waals surface area contributed by atoms with Crippen LogP contribution in [0.4, 0.5) is 4.79 Å². The minimum Gasteiger partial charge on any atom is -0.245 e. The maximum absolute atomic E-state index is 12.1. The molecule has 0 bridgehead atoms. The summed E-state index contributed by atoms with van der Waals surface area (Å²) < 4.78 is 24.2. The number of urea groups is 1. The van der Waals surface area contributed by atoms with Gasteiger partial charge >= 0.3 is 6.03 Å². The lowest BCUT2D eigenvalue weighted by atomic mass is 10.2. The lowest BCUT2D eigenvalue weighted by molar-refractivity contribution is 0.193. The number of aryl methyl sites for hydroxylation is 1. The third kappa shape index (κ3) is 3.09. The normalized spacial score (nSPS) is 16.0. The van der Waals surface area contributed by atoms with E-state index in [1.165, 1.54) is 12.1 Å². The van der Waals surface area contributed by atoms with Gasteiger partial charge in [0.05, 0.1) is 17.2 Å². The van der Waals surface area contributed by atoms with Crippen molar-refractivity contribution < 1.29 is 13.2 Å². The van der Waals surface area contributed by atoms with Gasteiger partial charge in [0, 0.05) is 0 Å². The van der Waals surface area contributed by atoms with Crippen LogP contribution in [-0.4, -0.2) is 31.7 Å². The number of hydrazone groups is 1. The average molecular weight is 282 g/mol. The standard InChI is InChI=1S/C11H14N4O3S/c1-8-3-5-10(6-4-8)19(17,18)14-15-7-9(2)12-13-11(15)16/h3-6,14H,7H2,1-2H3,(H,13,16). The van der Waals surface area contributed by atoms with E-state index >= 15 is 0 Å². The molecule has 1 aliphatic rings. The molecule has 0 aromatic heterocycles. The Kier molecular flexibility index (Phi) is 3.54. The first-order valence-corrected chi connectivity index (χ1v) is 7.06. The molecule has 0 atom stereocenters. The van der Waals surface area contributed by atoms with Crippen LogP contribution in [0.5, 0.6) is 0 Å². The van der Waals surface area contributed by atoms with Crippen molar-refractivity contribution in [2.45, 2.75) is 18.7 Å². The molecule has 1 heterocycles. The van der Waals surface area contributed by atoms with Crippen molar-refractivity contribution in [1.29, 1.82) is 0 Å². The maximum Gasteiger partial charge on any atom is 0.353 e. The Morgan fingerprint density at radius 2 is 1.89 bits per heavy atom. The van der Waals surface area contributed by atoms with Gasteiger partial charge in [-0.15, -0.1) is 4.83 Å². The maximum atomic E-state index is 12.1. The van der Waals surface area contributed by atoms with Crippen LogP contribution in [0, 0.1) is 6.92 Å². The van der Waals surface area contributed by atoms with Crippen LogP contribution in [0.25, 0.3) is 0 Å². The second kappa shape index (κ2) is 4.98. The smallest absolute Gasteiger partial charge is 0.245 e. The van der Waals surface area contributed by atoms with Gasteiger partial charge in [-0.05, 0) is 26.0 Å². The summed E-state index contributed by atoms with van der Waals surface area (Å²) in [6.45, 7) is 3.66. The summed E-state index contributed by atoms with van der Waals surface area (Å²) in [5.74, 6) is 0. The van der Waals surface area contributed by atoms with E-state index in [0.717, 1.165) is 10.6 Å². The van der Waals surface area contributed by atoms with Gasteiger partial charge in [0.25, 0.3) is 10.0 Å². The molecule has 0 spiro atoms. The zero-order chi connectivity index (χ0) is 14.0. The van der Waals surface area contributed by atoms with Crippen LogP contribution in [-0.2, 0) is 10.0 Å². The Morgan fingerprint density at radius 3 is 2.53 bits per heavy atom. The lowest BCUT2D eigenvalue weighted by Crippen LogP contribution is -2.54. The second-order valence-corrected chi connectivity index (χ2v) is 5.92. The fourth-order valence-corrected chi connectivity index (χ4v) is 2.57. The number of hydrazine groups is 1. The van der Waals surface area contributed by atoms with Crippen LogP contribution in [0.1, 0.15) is 12.5 Å². The Morgan fingerprint density at radius 1 is 1.26 bits per heavy atom. The molecule has 2 N–H and O–H groups in total. The number of hydrogen-bond acceptors (Lipinski definition) is 4. The summed E-state index contributed by atoms with van der Waals surface area (Å²) in [6, 6.07) is 5.75. The van der Waals surface area contributed by atoms with Crippen LogP contribution >= 0.6 is 0 Å². The van der Waals surface area contributed by atoms with Crippen molar-refractivity contribution in [3.05, 3.63) is 29.8 Å². The molecule has 1 aliphatic heterocycles. The molecule has 0 saturated carbocycles. The second-order valence-electron chi connectivity index (χ2n) is 4.26. The van der Waals surface area contributed by atoms with Crippen LogP contribution < -0.4 is 10.3 Å². The van der Waals surface area contributed by atoms with Gasteiger partial charge in [-0.2, -0.15) is 5.10 Å². The molecule has 102 valence electrons. The van der Waals surface area contributed by atoms with E-state index in [1.807, 2.05) is 6.92 Å². The van der Waals surface area contributed by atoms with E-state index in [4.69, 9.17) is 0 Å².